The number of hydrogen-bond acceptors (Lipinski definition) is 5. The average Bonchev–Trinajstić information content (AvgIpc) is 3.10. The summed E-state index contributed by atoms with van der Waals surface area (Å²) in [7, 11) is 1.70. The minimum atomic E-state index is -0.227. The molecular weight excluding hydrogens is 306 g/mol. The van der Waals surface area contributed by atoms with E-state index in [1.807, 2.05) is 48.5 Å². The molecule has 0 aliphatic carbocycles. The number of hydrogen-bond donors (Lipinski definition) is 0. The van der Waals surface area contributed by atoms with Gasteiger partial charge in [-0.25, -0.2) is 4.98 Å². The third-order valence-electron chi connectivity index (χ3n) is 3.35. The third kappa shape index (κ3) is 3.98. The van der Waals surface area contributed by atoms with Gasteiger partial charge in [-0.15, -0.1) is 0 Å². The minimum absolute atomic E-state index is 0.168. The summed E-state index contributed by atoms with van der Waals surface area (Å²) in [6.07, 6.45) is 3.05. The van der Waals surface area contributed by atoms with E-state index >= 15 is 0 Å². The SMILES string of the molecule is CN(Cc1ccccn1)C(=O)c1coc(COc2ccccc2)n1. The van der Waals surface area contributed by atoms with E-state index in [4.69, 9.17) is 9.15 Å². The maximum atomic E-state index is 12.4. The molecule has 0 bridgehead atoms. The van der Waals surface area contributed by atoms with Crippen molar-refractivity contribution in [2.45, 2.75) is 13.2 Å². The highest BCUT2D eigenvalue weighted by Crippen LogP contribution is 2.12. The number of ether oxygens (including phenoxy) is 1. The molecule has 0 aliphatic heterocycles. The van der Waals surface area contributed by atoms with E-state index in [1.165, 1.54) is 6.26 Å². The van der Waals surface area contributed by atoms with Crippen LogP contribution < -0.4 is 4.74 Å². The number of rotatable bonds is 6. The van der Waals surface area contributed by atoms with Gasteiger partial charge >= 0.3 is 0 Å². The lowest BCUT2D eigenvalue weighted by Crippen LogP contribution is -2.26. The Kier molecular flexibility index (Phi) is 4.86. The van der Waals surface area contributed by atoms with Crippen molar-refractivity contribution in [2.75, 3.05) is 7.05 Å². The zero-order chi connectivity index (χ0) is 16.8. The topological polar surface area (TPSA) is 68.5 Å². The second-order valence-electron chi connectivity index (χ2n) is 5.21. The van der Waals surface area contributed by atoms with Gasteiger partial charge in [0.2, 0.25) is 5.89 Å². The van der Waals surface area contributed by atoms with Crippen molar-refractivity contribution in [3.8, 4) is 5.75 Å². The molecule has 2 aromatic heterocycles. The Labute approximate surface area is 139 Å². The van der Waals surface area contributed by atoms with Gasteiger partial charge in [0.15, 0.2) is 12.3 Å². The summed E-state index contributed by atoms with van der Waals surface area (Å²) in [5.41, 5.74) is 1.06. The number of carbonyl (C=O) groups excluding carboxylic acids is 1. The number of carbonyl (C=O) groups is 1. The van der Waals surface area contributed by atoms with Crippen LogP contribution in [0.4, 0.5) is 0 Å². The molecule has 0 saturated heterocycles. The summed E-state index contributed by atoms with van der Waals surface area (Å²) in [6.45, 7) is 0.573. The maximum Gasteiger partial charge on any atom is 0.275 e. The van der Waals surface area contributed by atoms with Crippen molar-refractivity contribution in [3.63, 3.8) is 0 Å². The van der Waals surface area contributed by atoms with Crippen LogP contribution in [0.2, 0.25) is 0 Å². The summed E-state index contributed by atoms with van der Waals surface area (Å²) >= 11 is 0. The number of amides is 1. The molecule has 6 heteroatoms. The van der Waals surface area contributed by atoms with Crippen LogP contribution in [0, 0.1) is 0 Å². The number of aromatic nitrogens is 2. The van der Waals surface area contributed by atoms with Gasteiger partial charge in [-0.3, -0.25) is 9.78 Å². The second kappa shape index (κ2) is 7.41. The fourth-order valence-electron chi connectivity index (χ4n) is 2.14. The van der Waals surface area contributed by atoms with Gasteiger partial charge in [-0.1, -0.05) is 24.3 Å². The monoisotopic (exact) mass is 323 g/mol. The molecule has 1 aromatic carbocycles. The Morgan fingerprint density at radius 3 is 2.71 bits per heavy atom. The number of nitrogens with zero attached hydrogens (tertiary/aromatic N) is 3. The van der Waals surface area contributed by atoms with Crippen LogP contribution in [0.1, 0.15) is 22.1 Å². The fourth-order valence-corrected chi connectivity index (χ4v) is 2.14. The highest BCUT2D eigenvalue weighted by molar-refractivity contribution is 5.91. The zero-order valence-corrected chi connectivity index (χ0v) is 13.3. The molecule has 3 aromatic rings. The molecule has 2 heterocycles. The van der Waals surface area contributed by atoms with Crippen LogP contribution in [0.3, 0.4) is 0 Å². The molecule has 0 N–H and O–H groups in total. The molecule has 122 valence electrons. The molecule has 0 unspecified atom stereocenters. The molecule has 0 aliphatic rings. The Morgan fingerprint density at radius 1 is 1.17 bits per heavy atom. The van der Waals surface area contributed by atoms with Crippen LogP contribution in [-0.4, -0.2) is 27.8 Å². The minimum Gasteiger partial charge on any atom is -0.484 e. The predicted octanol–water partition coefficient (Wildman–Crippen LogP) is 2.92. The van der Waals surface area contributed by atoms with Crippen molar-refractivity contribution in [1.29, 1.82) is 0 Å². The lowest BCUT2D eigenvalue weighted by Gasteiger charge is -2.14. The van der Waals surface area contributed by atoms with Gasteiger partial charge in [0.25, 0.3) is 5.91 Å². The number of para-hydroxylation sites is 1. The first-order valence-electron chi connectivity index (χ1n) is 7.50. The first kappa shape index (κ1) is 15.7. The molecule has 3 rings (SSSR count). The van der Waals surface area contributed by atoms with Crippen molar-refractivity contribution in [3.05, 3.63) is 78.3 Å². The van der Waals surface area contributed by atoms with Crippen LogP contribution in [0.5, 0.6) is 5.75 Å². The van der Waals surface area contributed by atoms with E-state index in [0.29, 0.717) is 12.4 Å². The van der Waals surface area contributed by atoms with E-state index in [0.717, 1.165) is 11.4 Å². The molecule has 0 radical (unpaired) electrons. The molecule has 0 spiro atoms. The number of pyridine rings is 1. The van der Waals surface area contributed by atoms with E-state index < -0.39 is 0 Å². The Hall–Kier alpha value is -3.15. The molecular formula is C18H17N3O3. The maximum absolute atomic E-state index is 12.4. The lowest BCUT2D eigenvalue weighted by atomic mass is 10.3. The van der Waals surface area contributed by atoms with Crippen LogP contribution >= 0.6 is 0 Å². The fraction of sp³-hybridized carbons (Fsp3) is 0.167. The third-order valence-corrected chi connectivity index (χ3v) is 3.35. The Morgan fingerprint density at radius 2 is 1.96 bits per heavy atom. The Bertz CT molecular complexity index is 788. The molecule has 0 fully saturated rings. The zero-order valence-electron chi connectivity index (χ0n) is 13.3. The van der Waals surface area contributed by atoms with Gasteiger partial charge in [-0.05, 0) is 24.3 Å². The van der Waals surface area contributed by atoms with Gasteiger partial charge in [0.1, 0.15) is 12.0 Å². The highest BCUT2D eigenvalue weighted by Gasteiger charge is 2.17. The van der Waals surface area contributed by atoms with Gasteiger partial charge in [0.05, 0.1) is 12.2 Å². The molecule has 0 atom stereocenters. The lowest BCUT2D eigenvalue weighted by molar-refractivity contribution is 0.0777. The summed E-state index contributed by atoms with van der Waals surface area (Å²) in [6, 6.07) is 14.9. The largest absolute Gasteiger partial charge is 0.484 e. The standard InChI is InChI=1S/C18H17N3O3/c1-21(11-14-7-5-6-10-19-14)18(22)16-12-24-17(20-16)13-23-15-8-3-2-4-9-15/h2-10,12H,11,13H2,1H3. The quantitative estimate of drug-likeness (QED) is 0.697. The Balaban J connectivity index is 1.59. The second-order valence-corrected chi connectivity index (χ2v) is 5.21. The molecule has 24 heavy (non-hydrogen) atoms. The van der Waals surface area contributed by atoms with E-state index in [-0.39, 0.29) is 18.2 Å². The van der Waals surface area contributed by atoms with Crippen molar-refractivity contribution in [2.24, 2.45) is 0 Å². The van der Waals surface area contributed by atoms with E-state index in [1.54, 1.807) is 18.1 Å². The summed E-state index contributed by atoms with van der Waals surface area (Å²) < 4.78 is 10.9. The van der Waals surface area contributed by atoms with Crippen LogP contribution in [0.25, 0.3) is 0 Å². The van der Waals surface area contributed by atoms with Crippen molar-refractivity contribution < 1.29 is 13.9 Å². The number of benzene rings is 1. The molecule has 1 amide bonds. The van der Waals surface area contributed by atoms with Crippen molar-refractivity contribution >= 4 is 5.91 Å². The van der Waals surface area contributed by atoms with E-state index in [9.17, 15) is 4.79 Å². The highest BCUT2D eigenvalue weighted by atomic mass is 16.5. The van der Waals surface area contributed by atoms with E-state index in [2.05, 4.69) is 9.97 Å². The first-order valence-corrected chi connectivity index (χ1v) is 7.50. The molecule has 6 nitrogen and oxygen atoms in total. The number of oxazole rings is 1. The van der Waals surface area contributed by atoms with Crippen LogP contribution in [0.15, 0.2) is 65.4 Å². The normalized spacial score (nSPS) is 10.4. The van der Waals surface area contributed by atoms with Crippen LogP contribution in [-0.2, 0) is 13.2 Å². The summed E-state index contributed by atoms with van der Waals surface area (Å²) in [4.78, 5) is 22.3. The molecule has 0 saturated carbocycles. The predicted molar refractivity (Wildman–Crippen MR) is 87.3 cm³/mol. The summed E-state index contributed by atoms with van der Waals surface area (Å²) in [5, 5.41) is 0. The average molecular weight is 323 g/mol. The van der Waals surface area contributed by atoms with Gasteiger partial charge in [0, 0.05) is 13.2 Å². The summed E-state index contributed by atoms with van der Waals surface area (Å²) in [5.74, 6) is 0.847. The smallest absolute Gasteiger partial charge is 0.275 e. The van der Waals surface area contributed by atoms with Gasteiger partial charge < -0.3 is 14.1 Å². The van der Waals surface area contributed by atoms with Gasteiger partial charge in [-0.2, -0.15) is 0 Å². The van der Waals surface area contributed by atoms with Crippen molar-refractivity contribution in [1.82, 2.24) is 14.9 Å². The first-order chi connectivity index (χ1) is 11.7.